The van der Waals surface area contributed by atoms with Crippen LogP contribution in [0.1, 0.15) is 43.5 Å². The quantitative estimate of drug-likeness (QED) is 0.864. The molecule has 1 aromatic heterocycles. The Morgan fingerprint density at radius 2 is 2.00 bits per heavy atom. The molecule has 0 aliphatic rings. The van der Waals surface area contributed by atoms with E-state index >= 15 is 0 Å². The van der Waals surface area contributed by atoms with Crippen molar-refractivity contribution < 1.29 is 4.42 Å². The van der Waals surface area contributed by atoms with Crippen LogP contribution < -0.4 is 5.32 Å². The highest BCUT2D eigenvalue weighted by molar-refractivity contribution is 9.10. The summed E-state index contributed by atoms with van der Waals surface area (Å²) >= 11 is 3.46. The molecule has 0 amide bonds. The first-order valence-corrected chi connectivity index (χ1v) is 7.44. The first-order chi connectivity index (χ1) is 9.22. The second kappa shape index (κ2) is 6.87. The van der Waals surface area contributed by atoms with E-state index in [0.29, 0.717) is 12.6 Å². The third-order valence-corrected chi connectivity index (χ3v) is 3.66. The van der Waals surface area contributed by atoms with Gasteiger partial charge in [0, 0.05) is 16.9 Å². The minimum Gasteiger partial charge on any atom is -0.444 e. The number of oxazole rings is 1. The molecule has 0 saturated carbocycles. The number of nitrogens with one attached hydrogen (secondary N) is 1. The molecule has 0 aliphatic carbocycles. The number of hydrogen-bond donors (Lipinski definition) is 1. The zero-order valence-electron chi connectivity index (χ0n) is 11.3. The lowest BCUT2D eigenvalue weighted by Crippen LogP contribution is -2.20. The predicted octanol–water partition coefficient (Wildman–Crippen LogP) is 4.24. The highest BCUT2D eigenvalue weighted by Gasteiger charge is 2.10. The molecule has 1 unspecified atom stereocenters. The summed E-state index contributed by atoms with van der Waals surface area (Å²) in [5.41, 5.74) is 1.29. The van der Waals surface area contributed by atoms with E-state index in [4.69, 9.17) is 4.42 Å². The minimum absolute atomic E-state index is 0.324. The summed E-state index contributed by atoms with van der Waals surface area (Å²) in [6.45, 7) is 4.90. The maximum absolute atomic E-state index is 5.60. The molecular formula is C15H19BrN2O. The van der Waals surface area contributed by atoms with Gasteiger partial charge in [0.2, 0.25) is 5.89 Å². The fourth-order valence-corrected chi connectivity index (χ4v) is 2.26. The van der Waals surface area contributed by atoms with E-state index in [0.717, 1.165) is 29.0 Å². The number of aromatic nitrogens is 1. The van der Waals surface area contributed by atoms with Gasteiger partial charge in [-0.25, -0.2) is 4.98 Å². The Hall–Kier alpha value is -1.13. The average molecular weight is 323 g/mol. The van der Waals surface area contributed by atoms with E-state index in [-0.39, 0.29) is 0 Å². The third-order valence-electron chi connectivity index (χ3n) is 3.13. The summed E-state index contributed by atoms with van der Waals surface area (Å²) < 4.78 is 6.70. The van der Waals surface area contributed by atoms with Crippen LogP contribution in [0.2, 0.25) is 0 Å². The summed E-state index contributed by atoms with van der Waals surface area (Å²) in [4.78, 5) is 4.26. The molecule has 3 nitrogen and oxygen atoms in total. The van der Waals surface area contributed by atoms with Gasteiger partial charge in [-0.05, 0) is 24.1 Å². The standard InChI is InChI=1S/C15H19BrN2O/c1-3-13-9-18-15(19-13)10-17-14(4-2)11-5-7-12(16)8-6-11/h5-9,14,17H,3-4,10H2,1-2H3. The normalized spacial score (nSPS) is 12.6. The number of rotatable bonds is 6. The van der Waals surface area contributed by atoms with Gasteiger partial charge in [-0.3, -0.25) is 0 Å². The molecule has 4 heteroatoms. The van der Waals surface area contributed by atoms with Crippen LogP contribution in [0, 0.1) is 0 Å². The van der Waals surface area contributed by atoms with E-state index in [1.54, 1.807) is 6.20 Å². The van der Waals surface area contributed by atoms with Crippen molar-refractivity contribution in [1.29, 1.82) is 0 Å². The third kappa shape index (κ3) is 3.91. The summed E-state index contributed by atoms with van der Waals surface area (Å²) in [7, 11) is 0. The zero-order chi connectivity index (χ0) is 13.7. The lowest BCUT2D eigenvalue weighted by atomic mass is 10.0. The predicted molar refractivity (Wildman–Crippen MR) is 79.9 cm³/mol. The minimum atomic E-state index is 0.324. The Balaban J connectivity index is 1.97. The fourth-order valence-electron chi connectivity index (χ4n) is 2.00. The van der Waals surface area contributed by atoms with Gasteiger partial charge in [0.25, 0.3) is 0 Å². The molecule has 0 bridgehead atoms. The summed E-state index contributed by atoms with van der Waals surface area (Å²) in [5, 5.41) is 3.49. The van der Waals surface area contributed by atoms with E-state index in [1.165, 1.54) is 5.56 Å². The first-order valence-electron chi connectivity index (χ1n) is 6.65. The Kier molecular flexibility index (Phi) is 5.16. The van der Waals surface area contributed by atoms with Crippen LogP contribution >= 0.6 is 15.9 Å². The van der Waals surface area contributed by atoms with Gasteiger partial charge in [0.15, 0.2) is 0 Å². The van der Waals surface area contributed by atoms with Crippen molar-refractivity contribution in [2.75, 3.05) is 0 Å². The molecule has 2 aromatic rings. The first kappa shape index (κ1) is 14.3. The van der Waals surface area contributed by atoms with Crippen LogP contribution in [0.5, 0.6) is 0 Å². The molecule has 0 saturated heterocycles. The number of hydrogen-bond acceptors (Lipinski definition) is 3. The van der Waals surface area contributed by atoms with Gasteiger partial charge in [0.1, 0.15) is 5.76 Å². The molecule has 1 heterocycles. The number of halogens is 1. The van der Waals surface area contributed by atoms with Gasteiger partial charge in [-0.2, -0.15) is 0 Å². The Labute approximate surface area is 122 Å². The topological polar surface area (TPSA) is 38.1 Å². The Bertz CT molecular complexity index is 507. The van der Waals surface area contributed by atoms with Gasteiger partial charge in [-0.1, -0.05) is 41.9 Å². The monoisotopic (exact) mass is 322 g/mol. The SMILES string of the molecule is CCc1cnc(CNC(CC)c2ccc(Br)cc2)o1. The van der Waals surface area contributed by atoms with Crippen molar-refractivity contribution in [2.24, 2.45) is 0 Å². The molecule has 0 spiro atoms. The molecule has 102 valence electrons. The highest BCUT2D eigenvalue weighted by atomic mass is 79.9. The van der Waals surface area contributed by atoms with Crippen molar-refractivity contribution in [3.63, 3.8) is 0 Å². The lowest BCUT2D eigenvalue weighted by molar-refractivity contribution is 0.413. The average Bonchev–Trinajstić information content (AvgIpc) is 2.89. The van der Waals surface area contributed by atoms with E-state index in [9.17, 15) is 0 Å². The van der Waals surface area contributed by atoms with E-state index in [1.807, 2.05) is 0 Å². The lowest BCUT2D eigenvalue weighted by Gasteiger charge is -2.16. The van der Waals surface area contributed by atoms with Gasteiger partial charge in [0.05, 0.1) is 12.7 Å². The molecular weight excluding hydrogens is 304 g/mol. The van der Waals surface area contributed by atoms with Crippen molar-refractivity contribution >= 4 is 15.9 Å². The molecule has 1 N–H and O–H groups in total. The van der Waals surface area contributed by atoms with Crippen LogP contribution in [-0.2, 0) is 13.0 Å². The van der Waals surface area contributed by atoms with E-state index < -0.39 is 0 Å². The Morgan fingerprint density at radius 1 is 1.26 bits per heavy atom. The van der Waals surface area contributed by atoms with Gasteiger partial charge in [-0.15, -0.1) is 0 Å². The smallest absolute Gasteiger partial charge is 0.208 e. The molecule has 19 heavy (non-hydrogen) atoms. The summed E-state index contributed by atoms with van der Waals surface area (Å²) in [5.74, 6) is 1.70. The van der Waals surface area contributed by atoms with E-state index in [2.05, 4.69) is 64.3 Å². The molecule has 0 fully saturated rings. The second-order valence-electron chi connectivity index (χ2n) is 4.47. The second-order valence-corrected chi connectivity index (χ2v) is 5.38. The van der Waals surface area contributed by atoms with Crippen molar-refractivity contribution in [3.05, 3.63) is 52.1 Å². The largest absolute Gasteiger partial charge is 0.444 e. The number of nitrogens with zero attached hydrogens (tertiary/aromatic N) is 1. The molecule has 0 aliphatic heterocycles. The maximum Gasteiger partial charge on any atom is 0.208 e. The van der Waals surface area contributed by atoms with Gasteiger partial charge < -0.3 is 9.73 Å². The highest BCUT2D eigenvalue weighted by Crippen LogP contribution is 2.20. The van der Waals surface area contributed by atoms with Crippen LogP contribution in [0.4, 0.5) is 0 Å². The molecule has 1 atom stereocenters. The van der Waals surface area contributed by atoms with Crippen LogP contribution in [0.25, 0.3) is 0 Å². The number of benzene rings is 1. The van der Waals surface area contributed by atoms with Gasteiger partial charge >= 0.3 is 0 Å². The molecule has 0 radical (unpaired) electrons. The van der Waals surface area contributed by atoms with Crippen molar-refractivity contribution in [3.8, 4) is 0 Å². The Morgan fingerprint density at radius 3 is 2.58 bits per heavy atom. The van der Waals surface area contributed by atoms with Crippen molar-refractivity contribution in [2.45, 2.75) is 39.3 Å². The molecule has 1 aromatic carbocycles. The van der Waals surface area contributed by atoms with Crippen LogP contribution in [-0.4, -0.2) is 4.98 Å². The van der Waals surface area contributed by atoms with Crippen molar-refractivity contribution in [1.82, 2.24) is 10.3 Å². The maximum atomic E-state index is 5.60. The molecule has 2 rings (SSSR count). The summed E-state index contributed by atoms with van der Waals surface area (Å²) in [6, 6.07) is 8.74. The number of aryl methyl sites for hydroxylation is 1. The summed E-state index contributed by atoms with van der Waals surface area (Å²) in [6.07, 6.45) is 3.72. The zero-order valence-corrected chi connectivity index (χ0v) is 12.9. The van der Waals surface area contributed by atoms with Crippen LogP contribution in [0.3, 0.4) is 0 Å². The van der Waals surface area contributed by atoms with Crippen LogP contribution in [0.15, 0.2) is 39.4 Å². The fraction of sp³-hybridized carbons (Fsp3) is 0.400.